The minimum atomic E-state index is 0.734. The Balaban J connectivity index is 1.84. The van der Waals surface area contributed by atoms with Crippen LogP contribution in [-0.2, 0) is 4.74 Å². The first-order valence-corrected chi connectivity index (χ1v) is 8.88. The number of nitrogens with one attached hydrogen (secondary N) is 1. The number of ether oxygens (including phenoxy) is 1. The smallest absolute Gasteiger partial charge is 0.228 e. The standard InChI is InChI=1S/C19H26N4O/c1-2-3-7-10-20-18-15-17(16-8-5-4-6-9-16)21-19(22-18)23-11-13-24-14-12-23/h4-6,8-9,15H,2-3,7,10-14H2,1H3,(H,20,21,22). The Kier molecular flexibility index (Phi) is 6.01. The van der Waals surface area contributed by atoms with Gasteiger partial charge in [-0.15, -0.1) is 0 Å². The minimum Gasteiger partial charge on any atom is -0.378 e. The third kappa shape index (κ3) is 4.45. The molecular weight excluding hydrogens is 300 g/mol. The maximum Gasteiger partial charge on any atom is 0.228 e. The summed E-state index contributed by atoms with van der Waals surface area (Å²) < 4.78 is 5.45. The highest BCUT2D eigenvalue weighted by Gasteiger charge is 2.16. The van der Waals surface area contributed by atoms with Gasteiger partial charge in [-0.25, -0.2) is 4.98 Å². The summed E-state index contributed by atoms with van der Waals surface area (Å²) in [6.45, 7) is 6.31. The highest BCUT2D eigenvalue weighted by atomic mass is 16.5. The van der Waals surface area contributed by atoms with Gasteiger partial charge in [-0.05, 0) is 6.42 Å². The van der Waals surface area contributed by atoms with Crippen LogP contribution in [0.5, 0.6) is 0 Å². The van der Waals surface area contributed by atoms with Crippen LogP contribution in [0.3, 0.4) is 0 Å². The fraction of sp³-hybridized carbons (Fsp3) is 0.474. The molecule has 5 nitrogen and oxygen atoms in total. The summed E-state index contributed by atoms with van der Waals surface area (Å²) in [5, 5.41) is 3.46. The van der Waals surface area contributed by atoms with Crippen molar-refractivity contribution in [3.8, 4) is 11.3 Å². The molecule has 0 saturated carbocycles. The van der Waals surface area contributed by atoms with Gasteiger partial charge in [0, 0.05) is 31.3 Å². The van der Waals surface area contributed by atoms with E-state index in [2.05, 4.69) is 29.3 Å². The van der Waals surface area contributed by atoms with Crippen molar-refractivity contribution in [1.29, 1.82) is 0 Å². The number of unbranched alkanes of at least 4 members (excludes halogenated alkanes) is 2. The van der Waals surface area contributed by atoms with Gasteiger partial charge in [0.1, 0.15) is 5.82 Å². The molecule has 0 unspecified atom stereocenters. The van der Waals surface area contributed by atoms with Gasteiger partial charge in [-0.2, -0.15) is 4.98 Å². The summed E-state index contributed by atoms with van der Waals surface area (Å²) in [5.41, 5.74) is 2.08. The van der Waals surface area contributed by atoms with E-state index in [9.17, 15) is 0 Å². The normalized spacial score (nSPS) is 14.6. The Labute approximate surface area is 144 Å². The first-order valence-electron chi connectivity index (χ1n) is 8.88. The molecule has 1 saturated heterocycles. The third-order valence-electron chi connectivity index (χ3n) is 4.16. The number of hydrogen-bond acceptors (Lipinski definition) is 5. The van der Waals surface area contributed by atoms with Crippen LogP contribution in [0, 0.1) is 0 Å². The molecular formula is C19H26N4O. The second kappa shape index (κ2) is 8.64. The maximum atomic E-state index is 5.45. The van der Waals surface area contributed by atoms with E-state index < -0.39 is 0 Å². The van der Waals surface area contributed by atoms with Gasteiger partial charge in [0.2, 0.25) is 5.95 Å². The summed E-state index contributed by atoms with van der Waals surface area (Å²) in [4.78, 5) is 11.7. The Bertz CT molecular complexity index is 627. The topological polar surface area (TPSA) is 50.3 Å². The number of hydrogen-bond donors (Lipinski definition) is 1. The number of morpholine rings is 1. The zero-order chi connectivity index (χ0) is 16.6. The molecule has 0 atom stereocenters. The summed E-state index contributed by atoms with van der Waals surface area (Å²) in [5.74, 6) is 1.69. The molecule has 1 fully saturated rings. The van der Waals surface area contributed by atoms with E-state index >= 15 is 0 Å². The molecule has 0 aliphatic carbocycles. The van der Waals surface area contributed by atoms with E-state index in [0.717, 1.165) is 62.3 Å². The Morgan fingerprint density at radius 2 is 1.88 bits per heavy atom. The van der Waals surface area contributed by atoms with Crippen LogP contribution in [0.1, 0.15) is 26.2 Å². The van der Waals surface area contributed by atoms with Crippen molar-refractivity contribution >= 4 is 11.8 Å². The lowest BCUT2D eigenvalue weighted by Gasteiger charge is -2.27. The van der Waals surface area contributed by atoms with E-state index in [-0.39, 0.29) is 0 Å². The first-order chi connectivity index (χ1) is 11.9. The SMILES string of the molecule is CCCCCNc1cc(-c2ccccc2)nc(N2CCOCC2)n1. The van der Waals surface area contributed by atoms with Gasteiger partial charge < -0.3 is 15.0 Å². The largest absolute Gasteiger partial charge is 0.378 e. The Morgan fingerprint density at radius 3 is 2.62 bits per heavy atom. The van der Waals surface area contributed by atoms with Crippen LogP contribution in [0.2, 0.25) is 0 Å². The molecule has 1 aliphatic rings. The maximum absolute atomic E-state index is 5.45. The molecule has 1 aromatic heterocycles. The van der Waals surface area contributed by atoms with Crippen molar-refractivity contribution in [3.63, 3.8) is 0 Å². The van der Waals surface area contributed by atoms with Crippen molar-refractivity contribution in [3.05, 3.63) is 36.4 Å². The van der Waals surface area contributed by atoms with Crippen molar-refractivity contribution in [1.82, 2.24) is 9.97 Å². The lowest BCUT2D eigenvalue weighted by atomic mass is 10.1. The summed E-state index contributed by atoms with van der Waals surface area (Å²) in [7, 11) is 0. The monoisotopic (exact) mass is 326 g/mol. The van der Waals surface area contributed by atoms with Gasteiger partial charge >= 0.3 is 0 Å². The van der Waals surface area contributed by atoms with E-state index in [0.29, 0.717) is 0 Å². The summed E-state index contributed by atoms with van der Waals surface area (Å²) in [6.07, 6.45) is 3.62. The van der Waals surface area contributed by atoms with Crippen molar-refractivity contribution in [2.45, 2.75) is 26.2 Å². The molecule has 0 bridgehead atoms. The van der Waals surface area contributed by atoms with Gasteiger partial charge in [0.25, 0.3) is 0 Å². The van der Waals surface area contributed by atoms with Gasteiger partial charge in [0.05, 0.1) is 18.9 Å². The number of nitrogens with zero attached hydrogens (tertiary/aromatic N) is 3. The van der Waals surface area contributed by atoms with E-state index in [4.69, 9.17) is 14.7 Å². The van der Waals surface area contributed by atoms with Crippen LogP contribution in [0.15, 0.2) is 36.4 Å². The quantitative estimate of drug-likeness (QED) is 0.788. The van der Waals surface area contributed by atoms with E-state index in [1.807, 2.05) is 24.3 Å². The molecule has 2 aromatic rings. The molecule has 2 heterocycles. The van der Waals surface area contributed by atoms with Gasteiger partial charge in [-0.1, -0.05) is 50.1 Å². The molecule has 0 spiro atoms. The second-order valence-electron chi connectivity index (χ2n) is 6.04. The molecule has 5 heteroatoms. The molecule has 1 aromatic carbocycles. The molecule has 128 valence electrons. The Morgan fingerprint density at radius 1 is 1.08 bits per heavy atom. The third-order valence-corrected chi connectivity index (χ3v) is 4.16. The molecule has 24 heavy (non-hydrogen) atoms. The highest BCUT2D eigenvalue weighted by molar-refractivity contribution is 5.64. The lowest BCUT2D eigenvalue weighted by Crippen LogP contribution is -2.37. The summed E-state index contributed by atoms with van der Waals surface area (Å²) >= 11 is 0. The zero-order valence-electron chi connectivity index (χ0n) is 14.4. The molecule has 0 radical (unpaired) electrons. The number of benzene rings is 1. The van der Waals surface area contributed by atoms with Crippen LogP contribution in [-0.4, -0.2) is 42.8 Å². The molecule has 3 rings (SSSR count). The second-order valence-corrected chi connectivity index (χ2v) is 6.04. The number of rotatable bonds is 7. The van der Waals surface area contributed by atoms with Crippen molar-refractivity contribution in [2.24, 2.45) is 0 Å². The van der Waals surface area contributed by atoms with Crippen molar-refractivity contribution in [2.75, 3.05) is 43.1 Å². The average Bonchev–Trinajstić information content (AvgIpc) is 2.66. The number of anilines is 2. The predicted octanol–water partition coefficient (Wildman–Crippen LogP) is 3.58. The van der Waals surface area contributed by atoms with Gasteiger partial charge in [0.15, 0.2) is 0 Å². The molecule has 1 N–H and O–H groups in total. The predicted molar refractivity (Wildman–Crippen MR) is 98.5 cm³/mol. The van der Waals surface area contributed by atoms with Crippen LogP contribution >= 0.6 is 0 Å². The van der Waals surface area contributed by atoms with Crippen molar-refractivity contribution < 1.29 is 4.74 Å². The van der Waals surface area contributed by atoms with Crippen LogP contribution in [0.25, 0.3) is 11.3 Å². The highest BCUT2D eigenvalue weighted by Crippen LogP contribution is 2.23. The molecule has 1 aliphatic heterocycles. The van der Waals surface area contributed by atoms with E-state index in [1.54, 1.807) is 0 Å². The lowest BCUT2D eigenvalue weighted by molar-refractivity contribution is 0.122. The number of aromatic nitrogens is 2. The van der Waals surface area contributed by atoms with Gasteiger partial charge in [-0.3, -0.25) is 0 Å². The fourth-order valence-electron chi connectivity index (χ4n) is 2.78. The van der Waals surface area contributed by atoms with E-state index in [1.165, 1.54) is 12.8 Å². The van der Waals surface area contributed by atoms with Crippen LogP contribution in [0.4, 0.5) is 11.8 Å². The average molecular weight is 326 g/mol. The molecule has 0 amide bonds. The van der Waals surface area contributed by atoms with Crippen LogP contribution < -0.4 is 10.2 Å². The Hall–Kier alpha value is -2.14. The minimum absolute atomic E-state index is 0.734. The first kappa shape index (κ1) is 16.7. The summed E-state index contributed by atoms with van der Waals surface area (Å²) in [6, 6.07) is 12.3. The zero-order valence-corrected chi connectivity index (χ0v) is 14.4. The fourth-order valence-corrected chi connectivity index (χ4v) is 2.78.